The van der Waals surface area contributed by atoms with Crippen molar-refractivity contribution in [3.63, 3.8) is 0 Å². The van der Waals surface area contributed by atoms with E-state index in [1.165, 1.54) is 30.5 Å². The standard InChI is InChI=1S/C26H20F4N2O3/c1-14-9-19-16(13-35-23(19)10-15(14)2)11-24(33)32-22-8-7-17(12-20(22)26(28,29)30)31-25(34)18-5-3-4-6-21(18)27/h3-10,12-13H,11H2,1-2H3,(H,31,34)(H,32,33). The lowest BCUT2D eigenvalue weighted by Gasteiger charge is -2.16. The Labute approximate surface area is 197 Å². The second-order valence-corrected chi connectivity index (χ2v) is 8.11. The Hall–Kier alpha value is -4.14. The number of alkyl halides is 3. The van der Waals surface area contributed by atoms with E-state index in [4.69, 9.17) is 4.42 Å². The van der Waals surface area contributed by atoms with Gasteiger partial charge in [-0.05, 0) is 67.4 Å². The summed E-state index contributed by atoms with van der Waals surface area (Å²) in [5, 5.41) is 5.26. The Morgan fingerprint density at radius 1 is 0.943 bits per heavy atom. The predicted molar refractivity (Wildman–Crippen MR) is 124 cm³/mol. The molecule has 180 valence electrons. The SMILES string of the molecule is Cc1cc2occ(CC(=O)Nc3ccc(NC(=O)c4ccccc4F)cc3C(F)(F)F)c2cc1C. The van der Waals surface area contributed by atoms with Crippen LogP contribution in [0.1, 0.15) is 32.6 Å². The monoisotopic (exact) mass is 484 g/mol. The highest BCUT2D eigenvalue weighted by molar-refractivity contribution is 6.04. The van der Waals surface area contributed by atoms with E-state index in [9.17, 15) is 27.2 Å². The number of carbonyl (C=O) groups is 2. The smallest absolute Gasteiger partial charge is 0.418 e. The van der Waals surface area contributed by atoms with Gasteiger partial charge in [0.2, 0.25) is 5.91 Å². The van der Waals surface area contributed by atoms with Crippen LogP contribution in [-0.2, 0) is 17.4 Å². The average Bonchev–Trinajstić information content (AvgIpc) is 3.15. The number of benzene rings is 3. The zero-order valence-electron chi connectivity index (χ0n) is 18.7. The quantitative estimate of drug-likeness (QED) is 0.312. The van der Waals surface area contributed by atoms with Crippen LogP contribution < -0.4 is 10.6 Å². The van der Waals surface area contributed by atoms with Crippen molar-refractivity contribution >= 4 is 34.2 Å². The summed E-state index contributed by atoms with van der Waals surface area (Å²) in [6.45, 7) is 3.83. The van der Waals surface area contributed by atoms with Crippen molar-refractivity contribution in [2.24, 2.45) is 0 Å². The molecule has 1 heterocycles. The molecule has 35 heavy (non-hydrogen) atoms. The third-order valence-electron chi connectivity index (χ3n) is 5.60. The number of carbonyl (C=O) groups excluding carboxylic acids is 2. The van der Waals surface area contributed by atoms with E-state index in [0.29, 0.717) is 22.6 Å². The van der Waals surface area contributed by atoms with Crippen LogP contribution in [0.3, 0.4) is 0 Å². The Balaban J connectivity index is 1.55. The second-order valence-electron chi connectivity index (χ2n) is 8.11. The minimum absolute atomic E-state index is 0.196. The number of anilines is 2. The first-order valence-corrected chi connectivity index (χ1v) is 10.6. The first kappa shape index (κ1) is 24.0. The highest BCUT2D eigenvalue weighted by Crippen LogP contribution is 2.37. The van der Waals surface area contributed by atoms with Gasteiger partial charge in [-0.25, -0.2) is 4.39 Å². The van der Waals surface area contributed by atoms with Crippen molar-refractivity contribution < 1.29 is 31.6 Å². The minimum atomic E-state index is -4.82. The topological polar surface area (TPSA) is 71.3 Å². The molecule has 5 nitrogen and oxygen atoms in total. The number of fused-ring (bicyclic) bond motifs is 1. The fourth-order valence-corrected chi connectivity index (χ4v) is 3.65. The summed E-state index contributed by atoms with van der Waals surface area (Å²) < 4.78 is 60.5. The van der Waals surface area contributed by atoms with Gasteiger partial charge in [0.15, 0.2) is 0 Å². The zero-order chi connectivity index (χ0) is 25.3. The van der Waals surface area contributed by atoms with Crippen LogP contribution >= 0.6 is 0 Å². The van der Waals surface area contributed by atoms with Crippen molar-refractivity contribution in [3.05, 3.63) is 94.5 Å². The highest BCUT2D eigenvalue weighted by atomic mass is 19.4. The Morgan fingerprint density at radius 3 is 2.37 bits per heavy atom. The van der Waals surface area contributed by atoms with Crippen molar-refractivity contribution in [3.8, 4) is 0 Å². The summed E-state index contributed by atoms with van der Waals surface area (Å²) in [5.41, 5.74) is 1.01. The van der Waals surface area contributed by atoms with Crippen LogP contribution in [0.4, 0.5) is 28.9 Å². The zero-order valence-corrected chi connectivity index (χ0v) is 18.7. The highest BCUT2D eigenvalue weighted by Gasteiger charge is 2.34. The van der Waals surface area contributed by atoms with Gasteiger partial charge in [-0.15, -0.1) is 0 Å². The van der Waals surface area contributed by atoms with Crippen molar-refractivity contribution in [1.29, 1.82) is 0 Å². The van der Waals surface area contributed by atoms with Crippen LogP contribution in [0.5, 0.6) is 0 Å². The number of rotatable bonds is 5. The van der Waals surface area contributed by atoms with Gasteiger partial charge in [0.25, 0.3) is 5.91 Å². The Kier molecular flexibility index (Phi) is 6.34. The van der Waals surface area contributed by atoms with Crippen LogP contribution in [0.25, 0.3) is 11.0 Å². The predicted octanol–water partition coefficient (Wildman–Crippen LogP) is 6.64. The number of aryl methyl sites for hydroxylation is 2. The molecule has 2 amide bonds. The maximum absolute atomic E-state index is 13.8. The molecule has 0 saturated carbocycles. The van der Waals surface area contributed by atoms with Crippen LogP contribution in [0.15, 0.2) is 65.3 Å². The van der Waals surface area contributed by atoms with Crippen LogP contribution in [0, 0.1) is 19.7 Å². The first-order chi connectivity index (χ1) is 16.5. The van der Waals surface area contributed by atoms with Gasteiger partial charge in [-0.3, -0.25) is 9.59 Å². The van der Waals surface area contributed by atoms with E-state index in [2.05, 4.69) is 10.6 Å². The minimum Gasteiger partial charge on any atom is -0.464 e. The second kappa shape index (κ2) is 9.25. The molecule has 9 heteroatoms. The summed E-state index contributed by atoms with van der Waals surface area (Å²) in [6, 6.07) is 11.7. The molecular formula is C26H20F4N2O3. The average molecular weight is 484 g/mol. The summed E-state index contributed by atoms with van der Waals surface area (Å²) in [5.74, 6) is -2.37. The number of nitrogens with one attached hydrogen (secondary N) is 2. The molecular weight excluding hydrogens is 464 g/mol. The first-order valence-electron chi connectivity index (χ1n) is 10.6. The van der Waals surface area contributed by atoms with Gasteiger partial charge in [0.05, 0.1) is 29.5 Å². The Morgan fingerprint density at radius 2 is 1.66 bits per heavy atom. The molecule has 0 radical (unpaired) electrons. The summed E-state index contributed by atoms with van der Waals surface area (Å²) in [4.78, 5) is 24.9. The fraction of sp³-hybridized carbons (Fsp3) is 0.154. The molecule has 0 aliphatic carbocycles. The van der Waals surface area contributed by atoms with Gasteiger partial charge >= 0.3 is 6.18 Å². The van der Waals surface area contributed by atoms with Crippen molar-refractivity contribution in [2.45, 2.75) is 26.4 Å². The van der Waals surface area contributed by atoms with E-state index in [1.807, 2.05) is 26.0 Å². The molecule has 0 atom stereocenters. The molecule has 2 N–H and O–H groups in total. The molecule has 1 aromatic heterocycles. The largest absolute Gasteiger partial charge is 0.464 e. The van der Waals surface area contributed by atoms with E-state index < -0.39 is 35.1 Å². The molecule has 0 bridgehead atoms. The van der Waals surface area contributed by atoms with Gasteiger partial charge in [0, 0.05) is 16.6 Å². The van der Waals surface area contributed by atoms with E-state index in [1.54, 1.807) is 0 Å². The number of furan rings is 1. The number of amides is 2. The lowest BCUT2D eigenvalue weighted by atomic mass is 10.0. The van der Waals surface area contributed by atoms with Crippen molar-refractivity contribution in [1.82, 2.24) is 0 Å². The van der Waals surface area contributed by atoms with Gasteiger partial charge < -0.3 is 15.1 Å². The lowest BCUT2D eigenvalue weighted by molar-refractivity contribution is -0.136. The molecule has 0 unspecified atom stereocenters. The normalized spacial score (nSPS) is 11.5. The van der Waals surface area contributed by atoms with Crippen LogP contribution in [-0.4, -0.2) is 11.8 Å². The maximum Gasteiger partial charge on any atom is 0.418 e. The lowest BCUT2D eigenvalue weighted by Crippen LogP contribution is -2.19. The summed E-state index contributed by atoms with van der Waals surface area (Å²) in [6.07, 6.45) is -3.61. The van der Waals surface area contributed by atoms with Crippen LogP contribution in [0.2, 0.25) is 0 Å². The Bertz CT molecular complexity index is 1440. The van der Waals surface area contributed by atoms with E-state index >= 15 is 0 Å². The molecule has 0 aliphatic heterocycles. The third-order valence-corrected chi connectivity index (χ3v) is 5.60. The summed E-state index contributed by atoms with van der Waals surface area (Å²) >= 11 is 0. The molecule has 0 spiro atoms. The van der Waals surface area contributed by atoms with Gasteiger partial charge in [-0.1, -0.05) is 12.1 Å². The number of hydrogen-bond donors (Lipinski definition) is 2. The summed E-state index contributed by atoms with van der Waals surface area (Å²) in [7, 11) is 0. The van der Waals surface area contributed by atoms with E-state index in [0.717, 1.165) is 23.3 Å². The van der Waals surface area contributed by atoms with Gasteiger partial charge in [-0.2, -0.15) is 13.2 Å². The molecule has 3 aromatic carbocycles. The number of halogens is 4. The molecule has 4 aromatic rings. The molecule has 0 saturated heterocycles. The molecule has 0 aliphatic rings. The molecule has 4 rings (SSSR count). The number of hydrogen-bond acceptors (Lipinski definition) is 3. The third kappa shape index (κ3) is 5.18. The van der Waals surface area contributed by atoms with Gasteiger partial charge in [0.1, 0.15) is 11.4 Å². The van der Waals surface area contributed by atoms with E-state index in [-0.39, 0.29) is 17.7 Å². The fourth-order valence-electron chi connectivity index (χ4n) is 3.65. The van der Waals surface area contributed by atoms with Crippen molar-refractivity contribution in [2.75, 3.05) is 10.6 Å². The maximum atomic E-state index is 13.8. The molecule has 0 fully saturated rings.